The number of aryl methyl sites for hydroxylation is 1. The Labute approximate surface area is 104 Å². The summed E-state index contributed by atoms with van der Waals surface area (Å²) >= 11 is 1.74. The van der Waals surface area contributed by atoms with Crippen molar-refractivity contribution in [3.05, 3.63) is 35.4 Å². The highest BCUT2D eigenvalue weighted by atomic mass is 32.2. The van der Waals surface area contributed by atoms with Gasteiger partial charge in [-0.25, -0.2) is 0 Å². The van der Waals surface area contributed by atoms with Crippen molar-refractivity contribution in [3.8, 4) is 0 Å². The monoisotopic (exact) mass is 253 g/mol. The van der Waals surface area contributed by atoms with Crippen LogP contribution in [-0.2, 0) is 18.8 Å². The fraction of sp³-hybridized carbons (Fsp3) is 0.455. The van der Waals surface area contributed by atoms with Crippen molar-refractivity contribution in [3.63, 3.8) is 0 Å². The maximum Gasteiger partial charge on any atom is 0.240 e. The van der Waals surface area contributed by atoms with Crippen molar-refractivity contribution in [1.82, 2.24) is 15.5 Å². The minimum atomic E-state index is 0.555. The second kappa shape index (κ2) is 5.88. The molecule has 2 heterocycles. The smallest absolute Gasteiger partial charge is 0.240 e. The molecule has 0 aliphatic carbocycles. The van der Waals surface area contributed by atoms with Crippen molar-refractivity contribution in [2.75, 3.05) is 6.26 Å². The Morgan fingerprint density at radius 3 is 2.82 bits per heavy atom. The van der Waals surface area contributed by atoms with Crippen LogP contribution >= 0.6 is 11.8 Å². The summed E-state index contributed by atoms with van der Waals surface area (Å²) in [5.41, 5.74) is 0. The molecule has 1 N–H and O–H groups in total. The van der Waals surface area contributed by atoms with Crippen LogP contribution in [0.1, 0.15) is 23.2 Å². The van der Waals surface area contributed by atoms with Gasteiger partial charge in [0.1, 0.15) is 11.5 Å². The van der Waals surface area contributed by atoms with E-state index in [-0.39, 0.29) is 0 Å². The van der Waals surface area contributed by atoms with E-state index in [1.807, 2.05) is 12.1 Å². The van der Waals surface area contributed by atoms with Crippen molar-refractivity contribution >= 4 is 11.8 Å². The highest BCUT2D eigenvalue weighted by molar-refractivity contribution is 7.97. The van der Waals surface area contributed by atoms with Gasteiger partial charge in [-0.05, 0) is 25.3 Å². The molecule has 0 radical (unpaired) electrons. The average Bonchev–Trinajstić information content (AvgIpc) is 2.89. The summed E-state index contributed by atoms with van der Waals surface area (Å²) < 4.78 is 10.6. The predicted molar refractivity (Wildman–Crippen MR) is 65.5 cm³/mol. The molecule has 0 aliphatic rings. The lowest BCUT2D eigenvalue weighted by Gasteiger charge is -1.98. The summed E-state index contributed by atoms with van der Waals surface area (Å²) in [6.07, 6.45) is 2.05. The summed E-state index contributed by atoms with van der Waals surface area (Å²) in [4.78, 5) is 4.10. The largest absolute Gasteiger partial charge is 0.464 e. The van der Waals surface area contributed by atoms with E-state index < -0.39 is 0 Å². The quantitative estimate of drug-likeness (QED) is 0.850. The van der Waals surface area contributed by atoms with Crippen LogP contribution in [0.2, 0.25) is 0 Å². The predicted octanol–water partition coefficient (Wildman–Crippen LogP) is 2.12. The summed E-state index contributed by atoms with van der Waals surface area (Å²) in [7, 11) is 0. The van der Waals surface area contributed by atoms with Crippen molar-refractivity contribution in [2.24, 2.45) is 0 Å². The maximum atomic E-state index is 5.62. The molecule has 5 nitrogen and oxygen atoms in total. The number of nitrogens with zero attached hydrogens (tertiary/aromatic N) is 2. The second-order valence-corrected chi connectivity index (χ2v) is 4.51. The topological polar surface area (TPSA) is 64.1 Å². The zero-order chi connectivity index (χ0) is 12.1. The van der Waals surface area contributed by atoms with Crippen LogP contribution < -0.4 is 5.32 Å². The van der Waals surface area contributed by atoms with E-state index in [0.29, 0.717) is 24.8 Å². The molecule has 17 heavy (non-hydrogen) atoms. The van der Waals surface area contributed by atoms with Gasteiger partial charge in [-0.3, -0.25) is 0 Å². The number of thioether (sulfide) groups is 1. The fourth-order valence-corrected chi connectivity index (χ4v) is 1.88. The number of hydrogen-bond donors (Lipinski definition) is 1. The molecule has 0 saturated carbocycles. The first-order valence-electron chi connectivity index (χ1n) is 5.34. The zero-order valence-electron chi connectivity index (χ0n) is 9.90. The van der Waals surface area contributed by atoms with Gasteiger partial charge in [0.2, 0.25) is 5.89 Å². The average molecular weight is 253 g/mol. The van der Waals surface area contributed by atoms with E-state index in [9.17, 15) is 0 Å². The van der Waals surface area contributed by atoms with Crippen LogP contribution in [0.3, 0.4) is 0 Å². The summed E-state index contributed by atoms with van der Waals surface area (Å²) in [5, 5.41) is 6.91. The Balaban J connectivity index is 1.77. The van der Waals surface area contributed by atoms with Crippen molar-refractivity contribution in [1.29, 1.82) is 0 Å². The second-order valence-electron chi connectivity index (χ2n) is 3.64. The molecule has 2 rings (SSSR count). The van der Waals surface area contributed by atoms with Crippen LogP contribution in [0.15, 0.2) is 21.1 Å². The summed E-state index contributed by atoms with van der Waals surface area (Å²) in [6, 6.07) is 3.99. The molecular weight excluding hydrogens is 238 g/mol. The lowest BCUT2D eigenvalue weighted by atomic mass is 10.4. The molecular formula is C11H15N3O2S. The highest BCUT2D eigenvalue weighted by Gasteiger charge is 2.04. The summed E-state index contributed by atoms with van der Waals surface area (Å²) in [6.45, 7) is 3.02. The SMILES string of the molecule is CSCc1ccc(CNCc2nc(C)no2)o1. The van der Waals surface area contributed by atoms with E-state index in [4.69, 9.17) is 8.94 Å². The molecule has 0 bridgehead atoms. The van der Waals surface area contributed by atoms with E-state index in [1.165, 1.54) is 0 Å². The van der Waals surface area contributed by atoms with Gasteiger partial charge in [-0.1, -0.05) is 5.16 Å². The van der Waals surface area contributed by atoms with Crippen LogP contribution in [0, 0.1) is 6.92 Å². The van der Waals surface area contributed by atoms with E-state index in [1.54, 1.807) is 18.7 Å². The first-order valence-corrected chi connectivity index (χ1v) is 6.73. The fourth-order valence-electron chi connectivity index (χ4n) is 1.44. The molecule has 0 amide bonds. The summed E-state index contributed by atoms with van der Waals surface area (Å²) in [5.74, 6) is 4.08. The van der Waals surface area contributed by atoms with Crippen LogP contribution in [0.4, 0.5) is 0 Å². The Morgan fingerprint density at radius 1 is 1.29 bits per heavy atom. The number of aromatic nitrogens is 2. The number of nitrogens with one attached hydrogen (secondary N) is 1. The zero-order valence-corrected chi connectivity index (χ0v) is 10.7. The van der Waals surface area contributed by atoms with Gasteiger partial charge in [-0.15, -0.1) is 0 Å². The molecule has 92 valence electrons. The minimum absolute atomic E-state index is 0.555. The molecule has 0 aromatic carbocycles. The standard InChI is InChI=1S/C11H15N3O2S/c1-8-13-11(16-14-8)6-12-5-9-3-4-10(15-9)7-17-2/h3-4,12H,5-7H2,1-2H3. The third-order valence-electron chi connectivity index (χ3n) is 2.15. The molecule has 0 aliphatic heterocycles. The van der Waals surface area contributed by atoms with Gasteiger partial charge in [0, 0.05) is 0 Å². The molecule has 0 spiro atoms. The highest BCUT2D eigenvalue weighted by Crippen LogP contribution is 2.13. The molecule has 0 atom stereocenters. The first-order chi connectivity index (χ1) is 8.28. The van der Waals surface area contributed by atoms with Crippen molar-refractivity contribution < 1.29 is 8.94 Å². The molecule has 0 unspecified atom stereocenters. The van der Waals surface area contributed by atoms with Crippen LogP contribution in [-0.4, -0.2) is 16.4 Å². The molecule has 6 heteroatoms. The van der Waals surface area contributed by atoms with E-state index in [0.717, 1.165) is 17.3 Å². The Kier molecular flexibility index (Phi) is 4.22. The Morgan fingerprint density at radius 2 is 2.12 bits per heavy atom. The lowest BCUT2D eigenvalue weighted by Crippen LogP contribution is -2.12. The maximum absolute atomic E-state index is 5.62. The third kappa shape index (κ3) is 3.61. The molecule has 0 fully saturated rings. The number of furan rings is 1. The van der Waals surface area contributed by atoms with Gasteiger partial charge in [0.25, 0.3) is 0 Å². The molecule has 2 aromatic heterocycles. The Bertz CT molecular complexity index is 467. The van der Waals surface area contributed by atoms with Gasteiger partial charge in [0.05, 0.1) is 18.8 Å². The molecule has 0 saturated heterocycles. The van der Waals surface area contributed by atoms with Crippen molar-refractivity contribution in [2.45, 2.75) is 25.8 Å². The first kappa shape index (κ1) is 12.2. The number of rotatable bonds is 6. The third-order valence-corrected chi connectivity index (χ3v) is 2.72. The van der Waals surface area contributed by atoms with Gasteiger partial charge in [0.15, 0.2) is 5.82 Å². The van der Waals surface area contributed by atoms with E-state index >= 15 is 0 Å². The van der Waals surface area contributed by atoms with Gasteiger partial charge in [-0.2, -0.15) is 16.7 Å². The van der Waals surface area contributed by atoms with E-state index in [2.05, 4.69) is 21.7 Å². The Hall–Kier alpha value is -1.27. The molecule has 2 aromatic rings. The number of hydrogen-bond acceptors (Lipinski definition) is 6. The van der Waals surface area contributed by atoms with Crippen LogP contribution in [0.25, 0.3) is 0 Å². The lowest BCUT2D eigenvalue weighted by molar-refractivity contribution is 0.359. The normalized spacial score (nSPS) is 10.9. The minimum Gasteiger partial charge on any atom is -0.464 e. The van der Waals surface area contributed by atoms with Gasteiger partial charge < -0.3 is 14.3 Å². The van der Waals surface area contributed by atoms with Gasteiger partial charge >= 0.3 is 0 Å². The van der Waals surface area contributed by atoms with Crippen LogP contribution in [0.5, 0.6) is 0 Å².